The van der Waals surface area contributed by atoms with Crippen LogP contribution in [0.3, 0.4) is 0 Å². The first-order chi connectivity index (χ1) is 9.51. The van der Waals surface area contributed by atoms with Crippen LogP contribution in [0.5, 0.6) is 0 Å². The lowest BCUT2D eigenvalue weighted by Crippen LogP contribution is -2.56. The highest BCUT2D eigenvalue weighted by Gasteiger charge is 2.33. The number of piperidine rings is 1. The fourth-order valence-corrected chi connectivity index (χ4v) is 3.94. The minimum Gasteiger partial charge on any atom is -0.374 e. The van der Waals surface area contributed by atoms with Gasteiger partial charge in [-0.25, -0.2) is 0 Å². The monoisotopic (exact) mass is 283 g/mol. The molecule has 4 atom stereocenters. The Morgan fingerprint density at radius 1 is 1.25 bits per heavy atom. The summed E-state index contributed by atoms with van der Waals surface area (Å²) in [6.07, 6.45) is 1.65. The van der Waals surface area contributed by atoms with Crippen molar-refractivity contribution in [1.82, 2.24) is 9.80 Å². The molecule has 0 saturated carbocycles. The molecule has 0 aromatic rings. The maximum absolute atomic E-state index is 6.02. The minimum absolute atomic E-state index is 0.345. The van der Waals surface area contributed by atoms with Crippen molar-refractivity contribution in [2.45, 2.75) is 52.3 Å². The summed E-state index contributed by atoms with van der Waals surface area (Å²) in [5, 5.41) is 0. The molecular weight excluding hydrogens is 250 g/mol. The van der Waals surface area contributed by atoms with Gasteiger partial charge in [0.1, 0.15) is 0 Å². The fourth-order valence-electron chi connectivity index (χ4n) is 3.94. The summed E-state index contributed by atoms with van der Waals surface area (Å²) in [6, 6.07) is 1.15. The highest BCUT2D eigenvalue weighted by molar-refractivity contribution is 4.88. The molecule has 4 nitrogen and oxygen atoms in total. The molecule has 0 amide bonds. The Balaban J connectivity index is 1.93. The maximum Gasteiger partial charge on any atom is 0.0829 e. The topological polar surface area (TPSA) is 41.7 Å². The van der Waals surface area contributed by atoms with Crippen LogP contribution in [-0.4, -0.2) is 67.3 Å². The highest BCUT2D eigenvalue weighted by Crippen LogP contribution is 2.27. The van der Waals surface area contributed by atoms with E-state index in [4.69, 9.17) is 10.5 Å². The standard InChI is InChI=1S/C16H33N3O/c1-12(2)18-5-6-20-15(10-18)11-19-9-13(3)7-14(4)16(19)8-17/h12-16H,5-11,17H2,1-4H3. The number of likely N-dealkylation sites (tertiary alicyclic amines) is 1. The Morgan fingerprint density at radius 2 is 2.00 bits per heavy atom. The van der Waals surface area contributed by atoms with Gasteiger partial charge in [0.15, 0.2) is 0 Å². The largest absolute Gasteiger partial charge is 0.374 e. The maximum atomic E-state index is 6.02. The van der Waals surface area contributed by atoms with Gasteiger partial charge in [0.05, 0.1) is 12.7 Å². The Labute approximate surface area is 124 Å². The van der Waals surface area contributed by atoms with Crippen LogP contribution < -0.4 is 5.73 Å². The molecule has 0 aromatic carbocycles. The second-order valence-corrected chi connectivity index (χ2v) is 7.16. The van der Waals surface area contributed by atoms with E-state index in [-0.39, 0.29) is 0 Å². The van der Waals surface area contributed by atoms with Crippen molar-refractivity contribution in [2.24, 2.45) is 17.6 Å². The first-order valence-corrected chi connectivity index (χ1v) is 8.31. The van der Waals surface area contributed by atoms with Crippen molar-refractivity contribution >= 4 is 0 Å². The summed E-state index contributed by atoms with van der Waals surface area (Å²) in [5.41, 5.74) is 6.02. The molecule has 2 saturated heterocycles. The minimum atomic E-state index is 0.345. The van der Waals surface area contributed by atoms with Crippen molar-refractivity contribution in [3.8, 4) is 0 Å². The first kappa shape index (κ1) is 16.2. The van der Waals surface area contributed by atoms with Gasteiger partial charge < -0.3 is 10.5 Å². The van der Waals surface area contributed by atoms with E-state index in [2.05, 4.69) is 37.5 Å². The van der Waals surface area contributed by atoms with Gasteiger partial charge in [-0.3, -0.25) is 9.80 Å². The Morgan fingerprint density at radius 3 is 2.65 bits per heavy atom. The third-order valence-electron chi connectivity index (χ3n) is 5.03. The van der Waals surface area contributed by atoms with Gasteiger partial charge in [0, 0.05) is 44.8 Å². The molecule has 2 fully saturated rings. The molecule has 2 N–H and O–H groups in total. The van der Waals surface area contributed by atoms with Crippen molar-refractivity contribution in [1.29, 1.82) is 0 Å². The second-order valence-electron chi connectivity index (χ2n) is 7.16. The Hall–Kier alpha value is -0.160. The van der Waals surface area contributed by atoms with Crippen LogP contribution in [-0.2, 0) is 4.74 Å². The zero-order chi connectivity index (χ0) is 14.7. The Bertz CT molecular complexity index is 297. The summed E-state index contributed by atoms with van der Waals surface area (Å²) in [6.45, 7) is 15.2. The van der Waals surface area contributed by atoms with Gasteiger partial charge in [-0.15, -0.1) is 0 Å². The lowest BCUT2D eigenvalue weighted by molar-refractivity contribution is -0.0668. The van der Waals surface area contributed by atoms with Crippen molar-refractivity contribution in [2.75, 3.05) is 39.3 Å². The van der Waals surface area contributed by atoms with Crippen LogP contribution in [0.1, 0.15) is 34.1 Å². The van der Waals surface area contributed by atoms with E-state index in [0.29, 0.717) is 24.1 Å². The zero-order valence-corrected chi connectivity index (χ0v) is 13.7. The average molecular weight is 283 g/mol. The SMILES string of the molecule is CC1CC(C)C(CN)N(CC2CN(C(C)C)CCO2)C1. The van der Waals surface area contributed by atoms with E-state index in [9.17, 15) is 0 Å². The molecule has 0 radical (unpaired) electrons. The predicted octanol–water partition coefficient (Wildman–Crippen LogP) is 1.40. The summed E-state index contributed by atoms with van der Waals surface area (Å²) >= 11 is 0. The fraction of sp³-hybridized carbons (Fsp3) is 1.00. The molecule has 0 aliphatic carbocycles. The summed E-state index contributed by atoms with van der Waals surface area (Å²) in [7, 11) is 0. The average Bonchev–Trinajstić information content (AvgIpc) is 2.38. The van der Waals surface area contributed by atoms with Gasteiger partial charge in [0.2, 0.25) is 0 Å². The van der Waals surface area contributed by atoms with Crippen LogP contribution in [0.4, 0.5) is 0 Å². The third kappa shape index (κ3) is 3.94. The first-order valence-electron chi connectivity index (χ1n) is 8.31. The molecule has 2 aliphatic heterocycles. The van der Waals surface area contributed by atoms with Crippen LogP contribution in [0.25, 0.3) is 0 Å². The number of nitrogens with zero attached hydrogens (tertiary/aromatic N) is 2. The molecule has 4 unspecified atom stereocenters. The van der Waals surface area contributed by atoms with E-state index >= 15 is 0 Å². The third-order valence-corrected chi connectivity index (χ3v) is 5.03. The molecule has 2 heterocycles. The van der Waals surface area contributed by atoms with E-state index < -0.39 is 0 Å². The zero-order valence-electron chi connectivity index (χ0n) is 13.7. The number of hydrogen-bond donors (Lipinski definition) is 1. The summed E-state index contributed by atoms with van der Waals surface area (Å²) in [5.74, 6) is 1.48. The quantitative estimate of drug-likeness (QED) is 0.847. The van der Waals surface area contributed by atoms with E-state index in [1.165, 1.54) is 13.0 Å². The highest BCUT2D eigenvalue weighted by atomic mass is 16.5. The number of rotatable bonds is 4. The van der Waals surface area contributed by atoms with Gasteiger partial charge in [-0.1, -0.05) is 13.8 Å². The van der Waals surface area contributed by atoms with Gasteiger partial charge in [-0.2, -0.15) is 0 Å². The van der Waals surface area contributed by atoms with Crippen LogP contribution in [0.15, 0.2) is 0 Å². The van der Waals surface area contributed by atoms with Crippen LogP contribution in [0.2, 0.25) is 0 Å². The van der Waals surface area contributed by atoms with Crippen LogP contribution in [0, 0.1) is 11.8 Å². The van der Waals surface area contributed by atoms with Gasteiger partial charge in [0.25, 0.3) is 0 Å². The molecule has 20 heavy (non-hydrogen) atoms. The van der Waals surface area contributed by atoms with E-state index in [1.807, 2.05) is 0 Å². The van der Waals surface area contributed by atoms with Gasteiger partial charge in [-0.05, 0) is 32.1 Å². The van der Waals surface area contributed by atoms with E-state index in [1.54, 1.807) is 0 Å². The molecular formula is C16H33N3O. The number of nitrogens with two attached hydrogens (primary N) is 1. The summed E-state index contributed by atoms with van der Waals surface area (Å²) < 4.78 is 6.00. The molecule has 2 aliphatic rings. The molecule has 0 bridgehead atoms. The molecule has 4 heteroatoms. The molecule has 0 spiro atoms. The molecule has 0 aromatic heterocycles. The second kappa shape index (κ2) is 7.21. The smallest absolute Gasteiger partial charge is 0.0829 e. The van der Waals surface area contributed by atoms with E-state index in [0.717, 1.165) is 38.7 Å². The van der Waals surface area contributed by atoms with Crippen molar-refractivity contribution < 1.29 is 4.74 Å². The lowest BCUT2D eigenvalue weighted by Gasteiger charge is -2.45. The molecule has 2 rings (SSSR count). The predicted molar refractivity (Wildman–Crippen MR) is 83.8 cm³/mol. The number of hydrogen-bond acceptors (Lipinski definition) is 4. The normalized spacial score (nSPS) is 37.5. The number of morpholine rings is 1. The number of ether oxygens (including phenoxy) is 1. The van der Waals surface area contributed by atoms with Crippen molar-refractivity contribution in [3.05, 3.63) is 0 Å². The van der Waals surface area contributed by atoms with Gasteiger partial charge >= 0.3 is 0 Å². The van der Waals surface area contributed by atoms with Crippen molar-refractivity contribution in [3.63, 3.8) is 0 Å². The lowest BCUT2D eigenvalue weighted by atomic mass is 9.85. The Kier molecular flexibility index (Phi) is 5.84. The van der Waals surface area contributed by atoms with Crippen LogP contribution >= 0.6 is 0 Å². The molecule has 118 valence electrons. The summed E-state index contributed by atoms with van der Waals surface area (Å²) in [4.78, 5) is 5.12.